The van der Waals surface area contributed by atoms with E-state index >= 15 is 0 Å². The van der Waals surface area contributed by atoms with Crippen molar-refractivity contribution in [2.75, 3.05) is 6.54 Å². The van der Waals surface area contributed by atoms with E-state index in [1.165, 1.54) is 11.3 Å². The second-order valence-corrected chi connectivity index (χ2v) is 4.31. The zero-order valence-electron chi connectivity index (χ0n) is 7.83. The maximum absolute atomic E-state index is 4.07. The van der Waals surface area contributed by atoms with Gasteiger partial charge in [0.15, 0.2) is 0 Å². The fourth-order valence-electron chi connectivity index (χ4n) is 1.27. The Labute approximate surface area is 94.0 Å². The molecular formula is C11H14IN. The van der Waals surface area contributed by atoms with Gasteiger partial charge >= 0.3 is 0 Å². The molecule has 1 rings (SSSR count). The summed E-state index contributed by atoms with van der Waals surface area (Å²) in [5, 5.41) is 0. The van der Waals surface area contributed by atoms with Gasteiger partial charge in [-0.1, -0.05) is 38.3 Å². The lowest BCUT2D eigenvalue weighted by molar-refractivity contribution is 0.619. The third-order valence-corrected chi connectivity index (χ3v) is 3.03. The molecule has 70 valence electrons. The topological polar surface area (TPSA) is 3.24 Å². The third kappa shape index (κ3) is 2.46. The summed E-state index contributed by atoms with van der Waals surface area (Å²) >= 11 is 2.32. The van der Waals surface area contributed by atoms with Crippen LogP contribution >= 0.6 is 22.9 Å². The van der Waals surface area contributed by atoms with Crippen LogP contribution in [0.2, 0.25) is 0 Å². The molecule has 1 saturated heterocycles. The predicted octanol–water partition coefficient (Wildman–Crippen LogP) is 3.47. The Hall–Kier alpha value is -0.510. The van der Waals surface area contributed by atoms with Crippen LogP contribution in [0.1, 0.15) is 6.92 Å². The molecule has 0 saturated carbocycles. The molecule has 0 amide bonds. The second-order valence-electron chi connectivity index (χ2n) is 3.14. The minimum Gasteiger partial charge on any atom is -0.314 e. The first kappa shape index (κ1) is 10.6. The fourth-order valence-corrected chi connectivity index (χ4v) is 2.33. The Morgan fingerprint density at radius 2 is 2.23 bits per heavy atom. The van der Waals surface area contributed by atoms with E-state index in [4.69, 9.17) is 0 Å². The van der Waals surface area contributed by atoms with Gasteiger partial charge in [0.1, 0.15) is 0 Å². The Morgan fingerprint density at radius 3 is 2.69 bits per heavy atom. The van der Waals surface area contributed by atoms with Gasteiger partial charge in [0.25, 0.3) is 0 Å². The van der Waals surface area contributed by atoms with E-state index in [2.05, 4.69) is 52.1 Å². The zero-order valence-corrected chi connectivity index (χ0v) is 9.99. The average Bonchev–Trinajstić information content (AvgIpc) is 2.32. The van der Waals surface area contributed by atoms with E-state index in [1.54, 1.807) is 6.08 Å². The van der Waals surface area contributed by atoms with Crippen molar-refractivity contribution in [1.82, 2.24) is 3.11 Å². The van der Waals surface area contributed by atoms with Crippen molar-refractivity contribution in [2.45, 2.75) is 6.92 Å². The number of nitrogens with zero attached hydrogens (tertiary/aromatic N) is 1. The molecule has 1 aliphatic heterocycles. The summed E-state index contributed by atoms with van der Waals surface area (Å²) in [5.41, 5.74) is 2.45. The predicted molar refractivity (Wildman–Crippen MR) is 66.5 cm³/mol. The molecule has 1 aliphatic rings. The lowest BCUT2D eigenvalue weighted by atomic mass is 10.1. The minimum atomic E-state index is 0.570. The highest BCUT2D eigenvalue weighted by Crippen LogP contribution is 2.33. The first-order valence-electron chi connectivity index (χ1n) is 4.28. The molecule has 13 heavy (non-hydrogen) atoms. The molecule has 0 radical (unpaired) electrons. The average molecular weight is 287 g/mol. The van der Waals surface area contributed by atoms with E-state index in [9.17, 15) is 0 Å². The second kappa shape index (κ2) is 4.65. The number of hydrogen-bond acceptors (Lipinski definition) is 1. The van der Waals surface area contributed by atoms with Crippen LogP contribution in [-0.2, 0) is 0 Å². The molecule has 0 aliphatic carbocycles. The van der Waals surface area contributed by atoms with Gasteiger partial charge in [-0.25, -0.2) is 0 Å². The van der Waals surface area contributed by atoms with Gasteiger partial charge < -0.3 is 3.11 Å². The normalized spacial score (nSPS) is 26.3. The molecule has 0 N–H and O–H groups in total. The minimum absolute atomic E-state index is 0.570. The number of rotatable bonds is 2. The largest absolute Gasteiger partial charge is 0.314 e. The molecule has 0 aromatic heterocycles. The lowest BCUT2D eigenvalue weighted by Crippen LogP contribution is -2.03. The van der Waals surface area contributed by atoms with Crippen LogP contribution in [0.15, 0.2) is 48.7 Å². The molecule has 0 spiro atoms. The maximum atomic E-state index is 4.07. The van der Waals surface area contributed by atoms with Gasteiger partial charge in [0.2, 0.25) is 0 Å². The van der Waals surface area contributed by atoms with Crippen LogP contribution in [0.3, 0.4) is 0 Å². The molecule has 0 bridgehead atoms. The quantitative estimate of drug-likeness (QED) is 0.427. The van der Waals surface area contributed by atoms with Gasteiger partial charge in [-0.2, -0.15) is 0 Å². The standard InChI is InChI=1S/C11H14IN/c1-4-5-6-7-11-10(3)9(2)8-13(11)12/h4-7,9H,1,3,8H2,2H3/b6-5-,11-7+. The van der Waals surface area contributed by atoms with Crippen LogP contribution in [0.4, 0.5) is 0 Å². The summed E-state index contributed by atoms with van der Waals surface area (Å²) in [4.78, 5) is 0. The number of halogens is 1. The van der Waals surface area contributed by atoms with E-state index in [1.807, 2.05) is 12.2 Å². The smallest absolute Gasteiger partial charge is 0.0591 e. The number of hydrogen-bond donors (Lipinski definition) is 0. The Bertz CT molecular complexity index is 276. The van der Waals surface area contributed by atoms with Crippen LogP contribution in [0.25, 0.3) is 0 Å². The summed E-state index contributed by atoms with van der Waals surface area (Å²) in [6, 6.07) is 0. The molecule has 1 heterocycles. The Morgan fingerprint density at radius 1 is 1.54 bits per heavy atom. The molecule has 2 heteroatoms. The van der Waals surface area contributed by atoms with Crippen molar-refractivity contribution in [3.05, 3.63) is 48.7 Å². The van der Waals surface area contributed by atoms with Crippen LogP contribution < -0.4 is 0 Å². The molecule has 0 aromatic carbocycles. The van der Waals surface area contributed by atoms with Crippen molar-refractivity contribution in [3.8, 4) is 0 Å². The molecule has 1 unspecified atom stereocenters. The van der Waals surface area contributed by atoms with Crippen LogP contribution in [0, 0.1) is 5.92 Å². The van der Waals surface area contributed by atoms with E-state index in [0.29, 0.717) is 5.92 Å². The Kier molecular flexibility index (Phi) is 3.78. The summed E-state index contributed by atoms with van der Waals surface area (Å²) < 4.78 is 2.21. The lowest BCUT2D eigenvalue weighted by Gasteiger charge is -2.08. The highest BCUT2D eigenvalue weighted by atomic mass is 127. The SMILES string of the molecule is C=C/C=C\C=C1/C(=C)C(C)CN1I. The van der Waals surface area contributed by atoms with Gasteiger partial charge in [-0.05, 0) is 11.6 Å². The summed E-state index contributed by atoms with van der Waals surface area (Å²) in [6.45, 7) is 11.0. The molecule has 0 aromatic rings. The van der Waals surface area contributed by atoms with Crippen molar-refractivity contribution in [1.29, 1.82) is 0 Å². The van der Waals surface area contributed by atoms with Crippen molar-refractivity contribution in [3.63, 3.8) is 0 Å². The van der Waals surface area contributed by atoms with E-state index in [-0.39, 0.29) is 0 Å². The molecule has 1 fully saturated rings. The molecule has 1 atom stereocenters. The number of allylic oxidation sites excluding steroid dienone is 5. The summed E-state index contributed by atoms with van der Waals surface area (Å²) in [6.07, 6.45) is 7.78. The third-order valence-electron chi connectivity index (χ3n) is 2.12. The van der Waals surface area contributed by atoms with E-state index in [0.717, 1.165) is 6.54 Å². The van der Waals surface area contributed by atoms with Gasteiger partial charge in [-0.3, -0.25) is 0 Å². The van der Waals surface area contributed by atoms with Crippen molar-refractivity contribution in [2.24, 2.45) is 5.92 Å². The molecule has 1 nitrogen and oxygen atoms in total. The Balaban J connectivity index is 2.79. The monoisotopic (exact) mass is 287 g/mol. The first-order chi connectivity index (χ1) is 6.16. The van der Waals surface area contributed by atoms with Gasteiger partial charge in [-0.15, -0.1) is 0 Å². The zero-order chi connectivity index (χ0) is 9.84. The maximum Gasteiger partial charge on any atom is 0.0591 e. The van der Waals surface area contributed by atoms with Gasteiger partial charge in [0, 0.05) is 18.2 Å². The first-order valence-corrected chi connectivity index (χ1v) is 5.25. The molecular weight excluding hydrogens is 273 g/mol. The fraction of sp³-hybridized carbons (Fsp3) is 0.273. The highest BCUT2D eigenvalue weighted by Gasteiger charge is 2.24. The van der Waals surface area contributed by atoms with Gasteiger partial charge in [0.05, 0.1) is 22.9 Å². The van der Waals surface area contributed by atoms with Crippen molar-refractivity contribution >= 4 is 22.9 Å². The van der Waals surface area contributed by atoms with Crippen LogP contribution in [-0.4, -0.2) is 9.66 Å². The highest BCUT2D eigenvalue weighted by molar-refractivity contribution is 14.1. The summed E-state index contributed by atoms with van der Waals surface area (Å²) in [5.74, 6) is 0.570. The summed E-state index contributed by atoms with van der Waals surface area (Å²) in [7, 11) is 0. The van der Waals surface area contributed by atoms with E-state index < -0.39 is 0 Å². The van der Waals surface area contributed by atoms with Crippen molar-refractivity contribution < 1.29 is 0 Å². The van der Waals surface area contributed by atoms with Crippen LogP contribution in [0.5, 0.6) is 0 Å².